The Hall–Kier alpha value is -1.64. The van der Waals surface area contributed by atoms with Crippen LogP contribution in [0.25, 0.3) is 0 Å². The van der Waals surface area contributed by atoms with Crippen molar-refractivity contribution in [1.29, 1.82) is 0 Å². The zero-order valence-electron chi connectivity index (χ0n) is 12.8. The quantitative estimate of drug-likeness (QED) is 0.537. The lowest BCUT2D eigenvalue weighted by molar-refractivity contribution is -0.161. The number of methoxy groups -OCH3 is 2. The van der Waals surface area contributed by atoms with Gasteiger partial charge in [-0.1, -0.05) is 18.5 Å². The number of ether oxygens (including phenoxy) is 2. The summed E-state index contributed by atoms with van der Waals surface area (Å²) >= 11 is 5.70. The van der Waals surface area contributed by atoms with Crippen LogP contribution >= 0.6 is 11.6 Å². The molecule has 0 fully saturated rings. The van der Waals surface area contributed by atoms with Crippen molar-refractivity contribution in [1.82, 2.24) is 0 Å². The third-order valence-electron chi connectivity index (χ3n) is 3.08. The van der Waals surface area contributed by atoms with Gasteiger partial charge in [0.25, 0.3) is 10.1 Å². The Kier molecular flexibility index (Phi) is 6.99. The molecule has 23 heavy (non-hydrogen) atoms. The topological polar surface area (TPSA) is 96.0 Å². The second-order valence-electron chi connectivity index (χ2n) is 4.49. The average Bonchev–Trinajstić information content (AvgIpc) is 2.53. The molecule has 0 aliphatic carbocycles. The minimum Gasteiger partial charge on any atom is -0.469 e. The van der Waals surface area contributed by atoms with E-state index in [1.807, 2.05) is 0 Å². The van der Waals surface area contributed by atoms with E-state index in [9.17, 15) is 18.0 Å². The van der Waals surface area contributed by atoms with E-state index in [-0.39, 0.29) is 11.3 Å². The Labute approximate surface area is 139 Å². The van der Waals surface area contributed by atoms with E-state index in [1.54, 1.807) is 6.92 Å². The summed E-state index contributed by atoms with van der Waals surface area (Å²) in [5, 5.41) is 0.342. The van der Waals surface area contributed by atoms with E-state index in [0.717, 1.165) is 14.2 Å². The van der Waals surface area contributed by atoms with Crippen molar-refractivity contribution < 1.29 is 31.7 Å². The molecular formula is C14H17ClO7S. The fourth-order valence-corrected chi connectivity index (χ4v) is 3.03. The highest BCUT2D eigenvalue weighted by Crippen LogP contribution is 2.23. The molecule has 1 rings (SSSR count). The summed E-state index contributed by atoms with van der Waals surface area (Å²) in [6, 6.07) is 5.18. The smallest absolute Gasteiger partial charge is 0.337 e. The van der Waals surface area contributed by atoms with Gasteiger partial charge in [-0.05, 0) is 30.7 Å². The van der Waals surface area contributed by atoms with Gasteiger partial charge in [-0.2, -0.15) is 8.42 Å². The minimum absolute atomic E-state index is 0.128. The van der Waals surface area contributed by atoms with Gasteiger partial charge in [-0.25, -0.2) is 4.79 Å². The number of halogens is 1. The molecule has 0 spiro atoms. The molecule has 0 N–H and O–H groups in total. The lowest BCUT2D eigenvalue weighted by Gasteiger charge is -2.21. The van der Waals surface area contributed by atoms with Crippen LogP contribution in [0.3, 0.4) is 0 Å². The van der Waals surface area contributed by atoms with Crippen molar-refractivity contribution in [2.45, 2.75) is 24.3 Å². The van der Waals surface area contributed by atoms with E-state index >= 15 is 0 Å². The van der Waals surface area contributed by atoms with Crippen molar-refractivity contribution >= 4 is 33.7 Å². The average molecular weight is 365 g/mol. The summed E-state index contributed by atoms with van der Waals surface area (Å²) in [5.74, 6) is -2.87. The van der Waals surface area contributed by atoms with Crippen LogP contribution in [-0.4, -0.2) is 40.7 Å². The lowest BCUT2D eigenvalue weighted by atomic mass is 10.00. The van der Waals surface area contributed by atoms with E-state index < -0.39 is 34.1 Å². The summed E-state index contributed by atoms with van der Waals surface area (Å²) in [6.45, 7) is 1.59. The van der Waals surface area contributed by atoms with Gasteiger partial charge in [0.1, 0.15) is 0 Å². The summed E-state index contributed by atoms with van der Waals surface area (Å²) < 4.78 is 38.6. The molecule has 0 aliphatic rings. The second kappa shape index (κ2) is 8.28. The summed E-state index contributed by atoms with van der Waals surface area (Å²) in [6.07, 6.45) is -1.51. The molecule has 2 atom stereocenters. The van der Waals surface area contributed by atoms with Gasteiger partial charge in [-0.15, -0.1) is 0 Å². The molecule has 0 aromatic heterocycles. The molecule has 7 nitrogen and oxygen atoms in total. The Morgan fingerprint density at radius 3 is 2.04 bits per heavy atom. The summed E-state index contributed by atoms with van der Waals surface area (Å²) in [5.41, 5.74) is 0. The van der Waals surface area contributed by atoms with Gasteiger partial charge in [0.05, 0.1) is 25.0 Å². The number of benzene rings is 1. The Bertz CT molecular complexity index is 654. The normalized spacial score (nSPS) is 13.9. The number of hydrogen-bond donors (Lipinski definition) is 0. The summed E-state index contributed by atoms with van der Waals surface area (Å²) in [4.78, 5) is 23.4. The molecule has 0 saturated carbocycles. The van der Waals surface area contributed by atoms with Crippen LogP contribution in [0.4, 0.5) is 0 Å². The molecular weight excluding hydrogens is 348 g/mol. The first kappa shape index (κ1) is 19.4. The Balaban J connectivity index is 3.16. The SMILES string of the molecule is CC[C@H](C(=O)OC)[C@@H](OS(=O)(=O)c1ccc(Cl)cc1)C(=O)OC. The van der Waals surface area contributed by atoms with E-state index in [2.05, 4.69) is 9.47 Å². The monoisotopic (exact) mass is 364 g/mol. The van der Waals surface area contributed by atoms with Crippen molar-refractivity contribution in [3.8, 4) is 0 Å². The number of hydrogen-bond acceptors (Lipinski definition) is 7. The van der Waals surface area contributed by atoms with Crippen LogP contribution in [0.5, 0.6) is 0 Å². The van der Waals surface area contributed by atoms with Gasteiger partial charge < -0.3 is 9.47 Å². The third kappa shape index (κ3) is 4.92. The standard InChI is InChI=1S/C14H17ClO7S/c1-4-11(13(16)20-2)12(14(17)21-3)22-23(18,19)10-7-5-9(15)6-8-10/h5-8,11-12H,4H2,1-3H3/t11-,12+/m0/s1. The second-order valence-corrected chi connectivity index (χ2v) is 6.49. The number of esters is 2. The predicted molar refractivity (Wildman–Crippen MR) is 81.3 cm³/mol. The van der Waals surface area contributed by atoms with Gasteiger partial charge in [0.2, 0.25) is 0 Å². The van der Waals surface area contributed by atoms with E-state index in [1.165, 1.54) is 24.3 Å². The first-order valence-corrected chi connectivity index (χ1v) is 8.40. The Morgan fingerprint density at radius 2 is 1.61 bits per heavy atom. The van der Waals surface area contributed by atoms with Crippen LogP contribution in [0.15, 0.2) is 29.2 Å². The maximum Gasteiger partial charge on any atom is 0.337 e. The maximum absolute atomic E-state index is 12.3. The molecule has 0 heterocycles. The Morgan fingerprint density at radius 1 is 1.09 bits per heavy atom. The van der Waals surface area contributed by atoms with Crippen molar-refractivity contribution in [3.63, 3.8) is 0 Å². The molecule has 9 heteroatoms. The number of rotatable bonds is 7. The largest absolute Gasteiger partial charge is 0.469 e. The number of carbonyl (C=O) groups is 2. The first-order valence-electron chi connectivity index (χ1n) is 6.61. The highest BCUT2D eigenvalue weighted by Gasteiger charge is 2.39. The van der Waals surface area contributed by atoms with Crippen molar-refractivity contribution in [2.75, 3.05) is 14.2 Å². The van der Waals surface area contributed by atoms with E-state index in [0.29, 0.717) is 5.02 Å². The molecule has 0 radical (unpaired) electrons. The van der Waals surface area contributed by atoms with Gasteiger partial charge >= 0.3 is 11.9 Å². The van der Waals surface area contributed by atoms with Crippen molar-refractivity contribution in [2.24, 2.45) is 5.92 Å². The highest BCUT2D eigenvalue weighted by molar-refractivity contribution is 7.86. The highest BCUT2D eigenvalue weighted by atomic mass is 35.5. The fourth-order valence-electron chi connectivity index (χ4n) is 1.84. The van der Waals surface area contributed by atoms with Gasteiger partial charge in [0, 0.05) is 5.02 Å². The van der Waals surface area contributed by atoms with Crippen LogP contribution < -0.4 is 0 Å². The maximum atomic E-state index is 12.3. The molecule has 1 aromatic rings. The predicted octanol–water partition coefficient (Wildman–Crippen LogP) is 1.79. The zero-order chi connectivity index (χ0) is 17.6. The van der Waals surface area contributed by atoms with Gasteiger partial charge in [-0.3, -0.25) is 8.98 Å². The molecule has 0 aliphatic heterocycles. The minimum atomic E-state index is -4.30. The fraction of sp³-hybridized carbons (Fsp3) is 0.429. The van der Waals surface area contributed by atoms with Crippen LogP contribution in [-0.2, 0) is 33.4 Å². The third-order valence-corrected chi connectivity index (χ3v) is 4.64. The van der Waals surface area contributed by atoms with Crippen molar-refractivity contribution in [3.05, 3.63) is 29.3 Å². The molecule has 0 saturated heterocycles. The molecule has 0 bridgehead atoms. The van der Waals surface area contributed by atoms with Crippen LogP contribution in [0, 0.1) is 5.92 Å². The molecule has 128 valence electrons. The van der Waals surface area contributed by atoms with Crippen LogP contribution in [0.2, 0.25) is 5.02 Å². The summed E-state index contributed by atoms with van der Waals surface area (Å²) in [7, 11) is -2.10. The zero-order valence-corrected chi connectivity index (χ0v) is 14.4. The van der Waals surface area contributed by atoms with Gasteiger partial charge in [0.15, 0.2) is 6.10 Å². The first-order chi connectivity index (χ1) is 10.8. The molecule has 0 unspecified atom stereocenters. The lowest BCUT2D eigenvalue weighted by Crippen LogP contribution is -2.39. The van der Waals surface area contributed by atoms with E-state index in [4.69, 9.17) is 15.8 Å². The molecule has 0 amide bonds. The number of carbonyl (C=O) groups excluding carboxylic acids is 2. The molecule has 1 aromatic carbocycles. The van der Waals surface area contributed by atoms with Crippen LogP contribution in [0.1, 0.15) is 13.3 Å².